The van der Waals surface area contributed by atoms with Gasteiger partial charge in [-0.1, -0.05) is 29.3 Å². The van der Waals surface area contributed by atoms with E-state index in [9.17, 15) is 8.78 Å². The number of pyridine rings is 1. The van der Waals surface area contributed by atoms with Gasteiger partial charge in [0.2, 0.25) is 0 Å². The smallest absolute Gasteiger partial charge is 0.387 e. The Morgan fingerprint density at radius 2 is 2.12 bits per heavy atom. The van der Waals surface area contributed by atoms with Gasteiger partial charge in [-0.3, -0.25) is 4.98 Å². The molecule has 0 unspecified atom stereocenters. The van der Waals surface area contributed by atoms with E-state index < -0.39 is 6.61 Å². The molecule has 1 heterocycles. The van der Waals surface area contributed by atoms with Gasteiger partial charge in [-0.25, -0.2) is 4.99 Å². The molecule has 1 aromatic carbocycles. The van der Waals surface area contributed by atoms with Crippen LogP contribution in [0.1, 0.15) is 11.3 Å². The van der Waals surface area contributed by atoms with E-state index in [1.807, 2.05) is 18.2 Å². The predicted molar refractivity (Wildman–Crippen MR) is 94.4 cm³/mol. The van der Waals surface area contributed by atoms with Gasteiger partial charge in [-0.2, -0.15) is 8.78 Å². The lowest BCUT2D eigenvalue weighted by Crippen LogP contribution is -2.33. The molecule has 9 heteroatoms. The largest absolute Gasteiger partial charge is 0.433 e. The normalized spacial score (nSPS) is 11.6. The third-order valence-corrected chi connectivity index (χ3v) is 3.62. The molecule has 0 saturated carbocycles. The van der Waals surface area contributed by atoms with Crippen LogP contribution in [0.3, 0.4) is 0 Å². The summed E-state index contributed by atoms with van der Waals surface area (Å²) in [7, 11) is 0. The van der Waals surface area contributed by atoms with Crippen LogP contribution in [-0.4, -0.2) is 24.1 Å². The van der Waals surface area contributed by atoms with E-state index in [0.29, 0.717) is 23.6 Å². The molecule has 0 saturated heterocycles. The molecule has 0 amide bonds. The van der Waals surface area contributed by atoms with Crippen molar-refractivity contribution in [2.75, 3.05) is 6.54 Å². The molecule has 5 nitrogen and oxygen atoms in total. The Bertz CT molecular complexity index is 730. The van der Waals surface area contributed by atoms with Gasteiger partial charge >= 0.3 is 6.61 Å². The number of alkyl halides is 2. The van der Waals surface area contributed by atoms with Crippen molar-refractivity contribution in [1.29, 1.82) is 0 Å². The second kappa shape index (κ2) is 9.39. The van der Waals surface area contributed by atoms with Crippen LogP contribution < -0.4 is 15.8 Å². The van der Waals surface area contributed by atoms with Crippen molar-refractivity contribution in [2.45, 2.75) is 19.6 Å². The van der Waals surface area contributed by atoms with Gasteiger partial charge in [0.05, 0.1) is 11.6 Å². The summed E-state index contributed by atoms with van der Waals surface area (Å²) in [5.41, 5.74) is 7.00. The molecule has 2 rings (SSSR count). The van der Waals surface area contributed by atoms with Crippen LogP contribution in [0.25, 0.3) is 0 Å². The number of hydrogen-bond donors (Lipinski definition) is 2. The number of ether oxygens (including phenoxy) is 1. The summed E-state index contributed by atoms with van der Waals surface area (Å²) < 4.78 is 29.5. The van der Waals surface area contributed by atoms with E-state index in [0.717, 1.165) is 5.69 Å². The summed E-state index contributed by atoms with van der Waals surface area (Å²) >= 11 is 11.8. The number of aliphatic imine (C=N–C) groups is 1. The molecule has 0 radical (unpaired) electrons. The summed E-state index contributed by atoms with van der Waals surface area (Å²) in [4.78, 5) is 8.29. The molecule has 2 aromatic rings. The molecule has 0 aliphatic carbocycles. The highest BCUT2D eigenvalue weighted by atomic mass is 35.5. The molecule has 0 aliphatic heterocycles. The maximum absolute atomic E-state index is 12.5. The first kappa shape index (κ1) is 19.2. The third-order valence-electron chi connectivity index (χ3n) is 3.13. The number of hydrogen-bond acceptors (Lipinski definition) is 3. The number of nitrogens with one attached hydrogen (secondary N) is 1. The molecule has 0 spiro atoms. The molecular formula is C16H16Cl2F2N4O. The average Bonchev–Trinajstić information content (AvgIpc) is 2.56. The lowest BCUT2D eigenvalue weighted by molar-refractivity contribution is -0.0503. The van der Waals surface area contributed by atoms with Gasteiger partial charge < -0.3 is 15.8 Å². The summed E-state index contributed by atoms with van der Waals surface area (Å²) in [6.45, 7) is -2.48. The number of aromatic nitrogens is 1. The van der Waals surface area contributed by atoms with Crippen LogP contribution in [-0.2, 0) is 13.0 Å². The molecule has 3 N–H and O–H groups in total. The Balaban J connectivity index is 1.97. The van der Waals surface area contributed by atoms with Gasteiger partial charge in [0.25, 0.3) is 0 Å². The number of halogens is 4. The van der Waals surface area contributed by atoms with Crippen molar-refractivity contribution in [3.8, 4) is 5.75 Å². The van der Waals surface area contributed by atoms with Crippen molar-refractivity contribution in [3.05, 3.63) is 57.8 Å². The van der Waals surface area contributed by atoms with Crippen LogP contribution in [0.5, 0.6) is 5.75 Å². The molecule has 0 fully saturated rings. The Morgan fingerprint density at radius 3 is 2.80 bits per heavy atom. The number of guanidine groups is 1. The summed E-state index contributed by atoms with van der Waals surface area (Å²) in [5.74, 6) is 0.00104. The van der Waals surface area contributed by atoms with E-state index in [-0.39, 0.29) is 23.3 Å². The topological polar surface area (TPSA) is 72.5 Å². The molecule has 0 atom stereocenters. The lowest BCUT2D eigenvalue weighted by atomic mass is 10.2. The Morgan fingerprint density at radius 1 is 1.32 bits per heavy atom. The maximum atomic E-state index is 12.5. The second-order valence-electron chi connectivity index (χ2n) is 4.95. The average molecular weight is 389 g/mol. The molecule has 0 aliphatic rings. The van der Waals surface area contributed by atoms with Crippen LogP contribution >= 0.6 is 23.2 Å². The molecular weight excluding hydrogens is 373 g/mol. The third kappa shape index (κ3) is 6.36. The summed E-state index contributed by atoms with van der Waals surface area (Å²) in [6, 6.07) is 8.41. The van der Waals surface area contributed by atoms with Crippen LogP contribution in [0.4, 0.5) is 8.78 Å². The SMILES string of the molecule is NC(=NCc1cc(Cl)cc(Cl)c1OC(F)F)NCCc1ccccn1. The zero-order valence-corrected chi connectivity index (χ0v) is 14.6. The van der Waals surface area contributed by atoms with E-state index in [1.54, 1.807) is 6.20 Å². The first-order valence-electron chi connectivity index (χ1n) is 7.32. The first-order valence-corrected chi connectivity index (χ1v) is 8.07. The van der Waals surface area contributed by atoms with Crippen molar-refractivity contribution in [3.63, 3.8) is 0 Å². The number of nitrogens with two attached hydrogens (primary N) is 1. The quantitative estimate of drug-likeness (QED) is 0.560. The van der Waals surface area contributed by atoms with Gasteiger partial charge in [-0.15, -0.1) is 0 Å². The van der Waals surface area contributed by atoms with Crippen molar-refractivity contribution >= 4 is 29.2 Å². The standard InChI is InChI=1S/C16H16Cl2F2N4O/c17-11-7-10(14(13(18)8-11)25-15(19)20)9-24-16(21)23-6-4-12-3-1-2-5-22-12/h1-3,5,7-8,15H,4,6,9H2,(H3,21,23,24). The minimum absolute atomic E-state index is 0.00917. The van der Waals surface area contributed by atoms with Crippen molar-refractivity contribution in [1.82, 2.24) is 10.3 Å². The van der Waals surface area contributed by atoms with Crippen LogP contribution in [0, 0.1) is 0 Å². The van der Waals surface area contributed by atoms with Crippen molar-refractivity contribution in [2.24, 2.45) is 10.7 Å². The highest BCUT2D eigenvalue weighted by Gasteiger charge is 2.15. The van der Waals surface area contributed by atoms with Crippen LogP contribution in [0.2, 0.25) is 10.0 Å². The fourth-order valence-corrected chi connectivity index (χ4v) is 2.62. The van der Waals surface area contributed by atoms with Gasteiger partial charge in [0.15, 0.2) is 5.96 Å². The Labute approximate surface area is 153 Å². The minimum atomic E-state index is -3.00. The van der Waals surface area contributed by atoms with E-state index in [2.05, 4.69) is 20.0 Å². The van der Waals surface area contributed by atoms with Gasteiger partial charge in [-0.05, 0) is 24.3 Å². The monoisotopic (exact) mass is 388 g/mol. The fraction of sp³-hybridized carbons (Fsp3) is 0.250. The first-order chi connectivity index (χ1) is 12.0. The van der Waals surface area contributed by atoms with Crippen molar-refractivity contribution < 1.29 is 13.5 Å². The molecule has 1 aromatic heterocycles. The second-order valence-corrected chi connectivity index (χ2v) is 5.80. The zero-order chi connectivity index (χ0) is 18.2. The van der Waals surface area contributed by atoms with Crippen LogP contribution in [0.15, 0.2) is 41.5 Å². The highest BCUT2D eigenvalue weighted by Crippen LogP contribution is 2.34. The Hall–Kier alpha value is -2.12. The van der Waals surface area contributed by atoms with E-state index in [4.69, 9.17) is 28.9 Å². The van der Waals surface area contributed by atoms with Gasteiger partial charge in [0, 0.05) is 35.4 Å². The zero-order valence-electron chi connectivity index (χ0n) is 13.1. The fourth-order valence-electron chi connectivity index (χ4n) is 2.04. The van der Waals surface area contributed by atoms with E-state index >= 15 is 0 Å². The molecule has 134 valence electrons. The predicted octanol–water partition coefficient (Wildman–Crippen LogP) is 3.64. The molecule has 25 heavy (non-hydrogen) atoms. The lowest BCUT2D eigenvalue weighted by Gasteiger charge is -2.12. The minimum Gasteiger partial charge on any atom is -0.433 e. The van der Waals surface area contributed by atoms with Gasteiger partial charge in [0.1, 0.15) is 5.75 Å². The number of rotatable bonds is 7. The Kier molecular flexibility index (Phi) is 7.21. The summed E-state index contributed by atoms with van der Waals surface area (Å²) in [6.07, 6.45) is 2.38. The van der Waals surface area contributed by atoms with E-state index in [1.165, 1.54) is 12.1 Å². The highest BCUT2D eigenvalue weighted by molar-refractivity contribution is 6.35. The number of benzene rings is 1. The maximum Gasteiger partial charge on any atom is 0.387 e. The summed E-state index contributed by atoms with van der Waals surface area (Å²) in [5, 5.41) is 3.20. The molecule has 0 bridgehead atoms. The number of nitrogens with zero attached hydrogens (tertiary/aromatic N) is 2.